The lowest BCUT2D eigenvalue weighted by Crippen LogP contribution is -2.49. The number of hydrogen-bond acceptors (Lipinski definition) is 4. The minimum atomic E-state index is -0.297. The van der Waals surface area contributed by atoms with Crippen molar-refractivity contribution in [3.8, 4) is 0 Å². The fourth-order valence-corrected chi connectivity index (χ4v) is 1.97. The second-order valence-electron chi connectivity index (χ2n) is 4.02. The van der Waals surface area contributed by atoms with Crippen molar-refractivity contribution >= 4 is 11.6 Å². The summed E-state index contributed by atoms with van der Waals surface area (Å²) in [4.78, 5) is 13.1. The molecular formula is C10H19N3O2. The Labute approximate surface area is 89.9 Å². The Balaban J connectivity index is 2.64. The van der Waals surface area contributed by atoms with Gasteiger partial charge < -0.3 is 10.9 Å². The number of carbonyl (C=O) groups excluding carboxylic acids is 1. The lowest BCUT2D eigenvalue weighted by molar-refractivity contribution is -0.122. The topological polar surface area (TPSA) is 78.9 Å². The third-order valence-electron chi connectivity index (χ3n) is 3.16. The highest BCUT2D eigenvalue weighted by Crippen LogP contribution is 2.19. The summed E-state index contributed by atoms with van der Waals surface area (Å²) in [5, 5.41) is 12.1. The molecule has 3 N–H and O–H groups in total. The molecule has 2 atom stereocenters. The number of oxime groups is 1. The van der Waals surface area contributed by atoms with Gasteiger partial charge in [0, 0.05) is 25.4 Å². The van der Waals surface area contributed by atoms with Crippen molar-refractivity contribution < 1.29 is 10.0 Å². The summed E-state index contributed by atoms with van der Waals surface area (Å²) >= 11 is 0. The van der Waals surface area contributed by atoms with E-state index in [-0.39, 0.29) is 17.9 Å². The minimum Gasteiger partial charge on any atom is -0.411 e. The highest BCUT2D eigenvalue weighted by molar-refractivity contribution is 5.87. The molecule has 1 saturated heterocycles. The van der Waals surface area contributed by atoms with Gasteiger partial charge in [0.05, 0.1) is 11.8 Å². The summed E-state index contributed by atoms with van der Waals surface area (Å²) in [6.45, 7) is 5.35. The summed E-state index contributed by atoms with van der Waals surface area (Å²) in [5.41, 5.74) is 6.10. The molecular weight excluding hydrogens is 194 g/mol. The molecule has 0 aromatic carbocycles. The molecule has 1 fully saturated rings. The second-order valence-corrected chi connectivity index (χ2v) is 4.02. The van der Waals surface area contributed by atoms with Crippen LogP contribution in [0.5, 0.6) is 0 Å². The fraction of sp³-hybridized carbons (Fsp3) is 0.800. The fourth-order valence-electron chi connectivity index (χ4n) is 1.97. The third kappa shape index (κ3) is 2.68. The number of amides is 1. The van der Waals surface area contributed by atoms with Gasteiger partial charge in [-0.3, -0.25) is 9.69 Å². The van der Waals surface area contributed by atoms with Crippen LogP contribution in [0, 0.1) is 5.92 Å². The van der Waals surface area contributed by atoms with E-state index in [2.05, 4.69) is 5.16 Å². The van der Waals surface area contributed by atoms with Crippen LogP contribution in [0.25, 0.3) is 0 Å². The van der Waals surface area contributed by atoms with Crippen molar-refractivity contribution in [1.29, 1.82) is 0 Å². The van der Waals surface area contributed by atoms with Crippen molar-refractivity contribution in [2.75, 3.05) is 13.1 Å². The quantitative estimate of drug-likeness (QED) is 0.527. The molecule has 0 aromatic heterocycles. The number of primary amides is 1. The number of rotatable bonds is 3. The lowest BCUT2D eigenvalue weighted by atomic mass is 9.92. The van der Waals surface area contributed by atoms with Crippen LogP contribution in [-0.2, 0) is 4.79 Å². The average Bonchev–Trinajstić information content (AvgIpc) is 2.26. The molecule has 1 aliphatic rings. The maximum absolute atomic E-state index is 11.0. The normalized spacial score (nSPS) is 27.9. The molecule has 5 nitrogen and oxygen atoms in total. The van der Waals surface area contributed by atoms with Crippen molar-refractivity contribution in [1.82, 2.24) is 4.90 Å². The largest absolute Gasteiger partial charge is 0.411 e. The van der Waals surface area contributed by atoms with Crippen LogP contribution < -0.4 is 5.73 Å². The molecule has 86 valence electrons. The van der Waals surface area contributed by atoms with E-state index in [1.54, 1.807) is 0 Å². The maximum atomic E-state index is 11.0. The average molecular weight is 213 g/mol. The van der Waals surface area contributed by atoms with Gasteiger partial charge in [0.1, 0.15) is 0 Å². The van der Waals surface area contributed by atoms with Gasteiger partial charge >= 0.3 is 0 Å². The molecule has 0 saturated carbocycles. The van der Waals surface area contributed by atoms with Crippen LogP contribution in [0.2, 0.25) is 0 Å². The SMILES string of the molecule is CCC1CN(C(C)C(N)=O)CCC1=NO. The number of nitrogens with two attached hydrogens (primary N) is 1. The maximum Gasteiger partial charge on any atom is 0.234 e. The van der Waals surface area contributed by atoms with Crippen molar-refractivity contribution in [3.05, 3.63) is 0 Å². The number of likely N-dealkylation sites (tertiary alicyclic amines) is 1. The summed E-state index contributed by atoms with van der Waals surface area (Å²) in [5.74, 6) is -0.0557. The number of piperidine rings is 1. The molecule has 1 aliphatic heterocycles. The molecule has 5 heteroatoms. The van der Waals surface area contributed by atoms with Crippen LogP contribution >= 0.6 is 0 Å². The number of hydrogen-bond donors (Lipinski definition) is 2. The Morgan fingerprint density at radius 2 is 2.47 bits per heavy atom. The Morgan fingerprint density at radius 1 is 1.80 bits per heavy atom. The summed E-state index contributed by atoms with van der Waals surface area (Å²) in [6.07, 6.45) is 1.63. The first-order valence-electron chi connectivity index (χ1n) is 5.34. The zero-order valence-corrected chi connectivity index (χ0v) is 9.31. The van der Waals surface area contributed by atoms with Crippen LogP contribution in [0.1, 0.15) is 26.7 Å². The van der Waals surface area contributed by atoms with E-state index >= 15 is 0 Å². The summed E-state index contributed by atoms with van der Waals surface area (Å²) in [7, 11) is 0. The molecule has 0 aromatic rings. The molecule has 0 aliphatic carbocycles. The Hall–Kier alpha value is -1.10. The van der Waals surface area contributed by atoms with Crippen molar-refractivity contribution in [2.24, 2.45) is 16.8 Å². The third-order valence-corrected chi connectivity index (χ3v) is 3.16. The van der Waals surface area contributed by atoms with Crippen LogP contribution in [0.4, 0.5) is 0 Å². The lowest BCUT2D eigenvalue weighted by Gasteiger charge is -2.35. The molecule has 0 spiro atoms. The zero-order valence-electron chi connectivity index (χ0n) is 9.31. The van der Waals surface area contributed by atoms with E-state index in [0.717, 1.165) is 25.2 Å². The zero-order chi connectivity index (χ0) is 11.4. The predicted molar refractivity (Wildman–Crippen MR) is 57.8 cm³/mol. The van der Waals surface area contributed by atoms with Crippen LogP contribution in [0.3, 0.4) is 0 Å². The van der Waals surface area contributed by atoms with E-state index in [1.165, 1.54) is 0 Å². The van der Waals surface area contributed by atoms with Crippen molar-refractivity contribution in [3.63, 3.8) is 0 Å². The van der Waals surface area contributed by atoms with E-state index in [1.807, 2.05) is 18.7 Å². The van der Waals surface area contributed by atoms with Gasteiger partial charge in [-0.25, -0.2) is 0 Å². The highest BCUT2D eigenvalue weighted by atomic mass is 16.4. The smallest absolute Gasteiger partial charge is 0.234 e. The minimum absolute atomic E-state index is 0.237. The number of nitrogens with zero attached hydrogens (tertiary/aromatic N) is 2. The highest BCUT2D eigenvalue weighted by Gasteiger charge is 2.29. The van der Waals surface area contributed by atoms with Gasteiger partial charge in [-0.15, -0.1) is 0 Å². The van der Waals surface area contributed by atoms with Crippen LogP contribution in [-0.4, -0.2) is 40.9 Å². The molecule has 0 bridgehead atoms. The molecule has 0 radical (unpaired) electrons. The van der Waals surface area contributed by atoms with Gasteiger partial charge in [0.25, 0.3) is 0 Å². The van der Waals surface area contributed by atoms with Crippen molar-refractivity contribution in [2.45, 2.75) is 32.7 Å². The molecule has 1 rings (SSSR count). The summed E-state index contributed by atoms with van der Waals surface area (Å²) < 4.78 is 0. The van der Waals surface area contributed by atoms with Gasteiger partial charge in [-0.2, -0.15) is 0 Å². The van der Waals surface area contributed by atoms with Crippen LogP contribution in [0.15, 0.2) is 5.16 Å². The molecule has 1 amide bonds. The van der Waals surface area contributed by atoms with E-state index in [0.29, 0.717) is 6.42 Å². The number of carbonyl (C=O) groups is 1. The molecule has 2 unspecified atom stereocenters. The van der Waals surface area contributed by atoms with E-state index < -0.39 is 0 Å². The van der Waals surface area contributed by atoms with Gasteiger partial charge in [0.15, 0.2) is 0 Å². The van der Waals surface area contributed by atoms with E-state index in [4.69, 9.17) is 10.9 Å². The first kappa shape index (κ1) is 12.0. The van der Waals surface area contributed by atoms with Gasteiger partial charge in [-0.1, -0.05) is 12.1 Å². The first-order valence-corrected chi connectivity index (χ1v) is 5.34. The first-order chi connectivity index (χ1) is 7.10. The summed E-state index contributed by atoms with van der Waals surface area (Å²) in [6, 6.07) is -0.237. The van der Waals surface area contributed by atoms with Gasteiger partial charge in [-0.05, 0) is 13.3 Å². The Morgan fingerprint density at radius 3 is 2.93 bits per heavy atom. The predicted octanol–water partition coefficient (Wildman–Crippen LogP) is 0.422. The molecule has 15 heavy (non-hydrogen) atoms. The monoisotopic (exact) mass is 213 g/mol. The van der Waals surface area contributed by atoms with E-state index in [9.17, 15) is 4.79 Å². The standard InChI is InChI=1S/C10H19N3O2/c1-3-8-6-13(7(2)10(11)14)5-4-9(8)12-15/h7-8,15H,3-6H2,1-2H3,(H2,11,14). The van der Waals surface area contributed by atoms with Gasteiger partial charge in [0.2, 0.25) is 5.91 Å². The Kier molecular flexibility index (Phi) is 4.08. The second kappa shape index (κ2) is 5.11. The molecule has 1 heterocycles. The Bertz CT molecular complexity index is 265.